The molecule has 16 heavy (non-hydrogen) atoms. The molecule has 1 aliphatic rings. The van der Waals surface area contributed by atoms with Gasteiger partial charge in [-0.1, -0.05) is 12.1 Å². The molecule has 86 valence electrons. The van der Waals surface area contributed by atoms with Gasteiger partial charge in [0.1, 0.15) is 6.29 Å². The summed E-state index contributed by atoms with van der Waals surface area (Å²) in [4.78, 5) is 11.9. The Hall–Kier alpha value is -0.800. The zero-order valence-electron chi connectivity index (χ0n) is 9.13. The van der Waals surface area contributed by atoms with Crippen LogP contribution in [0.3, 0.4) is 0 Å². The molecule has 0 bridgehead atoms. The SMILES string of the molecule is O=CC(CO)c1ccc(SCC2CC2)cc1. The number of aliphatic hydroxyl groups is 1. The summed E-state index contributed by atoms with van der Waals surface area (Å²) in [5, 5.41) is 9.00. The van der Waals surface area contributed by atoms with Crippen molar-refractivity contribution >= 4 is 18.0 Å². The standard InChI is InChI=1S/C13H16O2S/c14-7-12(8-15)11-3-5-13(6-4-11)16-9-10-1-2-10/h3-7,10,12,15H,1-2,8-9H2. The van der Waals surface area contributed by atoms with Crippen LogP contribution in [-0.4, -0.2) is 23.8 Å². The van der Waals surface area contributed by atoms with Gasteiger partial charge in [-0.3, -0.25) is 0 Å². The average molecular weight is 236 g/mol. The first-order valence-electron chi connectivity index (χ1n) is 5.62. The van der Waals surface area contributed by atoms with Crippen LogP contribution in [0.25, 0.3) is 0 Å². The molecule has 1 saturated carbocycles. The molecule has 2 nitrogen and oxygen atoms in total. The molecule has 0 heterocycles. The minimum atomic E-state index is -0.373. The van der Waals surface area contributed by atoms with E-state index in [1.807, 2.05) is 36.0 Å². The van der Waals surface area contributed by atoms with E-state index in [1.54, 1.807) is 0 Å². The third kappa shape index (κ3) is 3.09. The molecule has 3 heteroatoms. The minimum absolute atomic E-state index is 0.113. The van der Waals surface area contributed by atoms with Gasteiger partial charge in [-0.05, 0) is 36.5 Å². The number of thioether (sulfide) groups is 1. The lowest BCUT2D eigenvalue weighted by Gasteiger charge is -2.07. The van der Waals surface area contributed by atoms with Crippen LogP contribution in [-0.2, 0) is 4.79 Å². The quantitative estimate of drug-likeness (QED) is 0.609. The van der Waals surface area contributed by atoms with Gasteiger partial charge in [0.15, 0.2) is 0 Å². The minimum Gasteiger partial charge on any atom is -0.395 e. The van der Waals surface area contributed by atoms with Crippen molar-refractivity contribution in [3.05, 3.63) is 29.8 Å². The topological polar surface area (TPSA) is 37.3 Å². The first-order chi connectivity index (χ1) is 7.83. The molecular formula is C13H16O2S. The van der Waals surface area contributed by atoms with Crippen LogP contribution in [0.4, 0.5) is 0 Å². The van der Waals surface area contributed by atoms with Gasteiger partial charge in [0.05, 0.1) is 12.5 Å². The van der Waals surface area contributed by atoms with Gasteiger partial charge in [-0.2, -0.15) is 0 Å². The highest BCUT2D eigenvalue weighted by atomic mass is 32.2. The van der Waals surface area contributed by atoms with E-state index in [4.69, 9.17) is 5.11 Å². The van der Waals surface area contributed by atoms with Crippen molar-refractivity contribution < 1.29 is 9.90 Å². The third-order valence-electron chi connectivity index (χ3n) is 2.85. The third-order valence-corrected chi connectivity index (χ3v) is 4.10. The van der Waals surface area contributed by atoms with Crippen molar-refractivity contribution in [2.24, 2.45) is 5.92 Å². The van der Waals surface area contributed by atoms with Crippen LogP contribution in [0.2, 0.25) is 0 Å². The maximum Gasteiger partial charge on any atom is 0.129 e. The van der Waals surface area contributed by atoms with Crippen LogP contribution in [0.1, 0.15) is 24.3 Å². The molecule has 1 N–H and O–H groups in total. The molecule has 1 unspecified atom stereocenters. The number of benzene rings is 1. The highest BCUT2D eigenvalue weighted by Crippen LogP contribution is 2.35. The number of carbonyl (C=O) groups excluding carboxylic acids is 1. The van der Waals surface area contributed by atoms with Crippen LogP contribution < -0.4 is 0 Å². The second-order valence-corrected chi connectivity index (χ2v) is 5.34. The molecule has 1 aromatic rings. The Kier molecular flexibility index (Phi) is 4.02. The molecule has 1 aromatic carbocycles. The normalized spacial score (nSPS) is 17.1. The summed E-state index contributed by atoms with van der Waals surface area (Å²) in [5.41, 5.74) is 0.897. The number of aldehydes is 1. The van der Waals surface area contributed by atoms with Crippen LogP contribution in [0.5, 0.6) is 0 Å². The van der Waals surface area contributed by atoms with E-state index < -0.39 is 0 Å². The lowest BCUT2D eigenvalue weighted by atomic mass is 10.0. The number of hydrogen-bond donors (Lipinski definition) is 1. The van der Waals surface area contributed by atoms with Gasteiger partial charge in [0.25, 0.3) is 0 Å². The molecule has 0 aliphatic heterocycles. The predicted octanol–water partition coefficient (Wildman–Crippen LogP) is 2.46. The fourth-order valence-corrected chi connectivity index (χ4v) is 2.63. The first kappa shape index (κ1) is 11.7. The van der Waals surface area contributed by atoms with Crippen molar-refractivity contribution in [2.75, 3.05) is 12.4 Å². The Labute approximate surface area is 100 Å². The van der Waals surface area contributed by atoms with Crippen molar-refractivity contribution in [3.8, 4) is 0 Å². The van der Waals surface area contributed by atoms with Gasteiger partial charge in [-0.15, -0.1) is 11.8 Å². The molecule has 0 aromatic heterocycles. The number of hydrogen-bond acceptors (Lipinski definition) is 3. The number of aliphatic hydroxyl groups excluding tert-OH is 1. The average Bonchev–Trinajstić information content (AvgIpc) is 3.13. The van der Waals surface area contributed by atoms with E-state index in [-0.39, 0.29) is 12.5 Å². The molecule has 0 radical (unpaired) electrons. The zero-order chi connectivity index (χ0) is 11.4. The van der Waals surface area contributed by atoms with Gasteiger partial charge >= 0.3 is 0 Å². The van der Waals surface area contributed by atoms with Crippen LogP contribution in [0, 0.1) is 5.92 Å². The predicted molar refractivity (Wildman–Crippen MR) is 65.8 cm³/mol. The highest BCUT2D eigenvalue weighted by molar-refractivity contribution is 7.99. The summed E-state index contributed by atoms with van der Waals surface area (Å²) in [5.74, 6) is 1.75. The second kappa shape index (κ2) is 5.51. The van der Waals surface area contributed by atoms with Gasteiger partial charge in [0.2, 0.25) is 0 Å². The molecule has 0 amide bonds. The lowest BCUT2D eigenvalue weighted by molar-refractivity contribution is -0.109. The fourth-order valence-electron chi connectivity index (χ4n) is 1.54. The lowest BCUT2D eigenvalue weighted by Crippen LogP contribution is -2.04. The summed E-state index contributed by atoms with van der Waals surface area (Å²) in [6, 6.07) is 7.94. The smallest absolute Gasteiger partial charge is 0.129 e. The van der Waals surface area contributed by atoms with Crippen molar-refractivity contribution in [2.45, 2.75) is 23.7 Å². The van der Waals surface area contributed by atoms with E-state index in [2.05, 4.69) is 0 Å². The van der Waals surface area contributed by atoms with Gasteiger partial charge in [0, 0.05) is 10.6 Å². The molecule has 0 saturated heterocycles. The van der Waals surface area contributed by atoms with E-state index in [0.29, 0.717) is 0 Å². The van der Waals surface area contributed by atoms with Crippen LogP contribution in [0.15, 0.2) is 29.2 Å². The largest absolute Gasteiger partial charge is 0.395 e. The molecular weight excluding hydrogens is 220 g/mol. The second-order valence-electron chi connectivity index (χ2n) is 4.25. The molecule has 1 fully saturated rings. The van der Waals surface area contributed by atoms with Crippen LogP contribution >= 0.6 is 11.8 Å². The fraction of sp³-hybridized carbons (Fsp3) is 0.462. The summed E-state index contributed by atoms with van der Waals surface area (Å²) in [6.07, 6.45) is 3.55. The highest BCUT2D eigenvalue weighted by Gasteiger charge is 2.21. The van der Waals surface area contributed by atoms with Crippen molar-refractivity contribution in [1.82, 2.24) is 0 Å². The maximum absolute atomic E-state index is 10.7. The molecule has 1 atom stereocenters. The van der Waals surface area contributed by atoms with Gasteiger partial charge < -0.3 is 9.90 Å². The Morgan fingerprint density at radius 3 is 2.56 bits per heavy atom. The Morgan fingerprint density at radius 1 is 1.38 bits per heavy atom. The van der Waals surface area contributed by atoms with E-state index >= 15 is 0 Å². The number of carbonyl (C=O) groups is 1. The van der Waals surface area contributed by atoms with E-state index in [1.165, 1.54) is 23.5 Å². The zero-order valence-corrected chi connectivity index (χ0v) is 9.95. The van der Waals surface area contributed by atoms with E-state index in [0.717, 1.165) is 17.8 Å². The molecule has 1 aliphatic carbocycles. The first-order valence-corrected chi connectivity index (χ1v) is 6.61. The summed E-state index contributed by atoms with van der Waals surface area (Å²) < 4.78 is 0. The summed E-state index contributed by atoms with van der Waals surface area (Å²) in [6.45, 7) is -0.113. The van der Waals surface area contributed by atoms with Crippen molar-refractivity contribution in [3.63, 3.8) is 0 Å². The Morgan fingerprint density at radius 2 is 2.06 bits per heavy atom. The Balaban J connectivity index is 1.94. The maximum atomic E-state index is 10.7. The van der Waals surface area contributed by atoms with Crippen molar-refractivity contribution in [1.29, 1.82) is 0 Å². The monoisotopic (exact) mass is 236 g/mol. The Bertz CT molecular complexity index is 343. The molecule has 2 rings (SSSR count). The summed E-state index contributed by atoms with van der Waals surface area (Å²) >= 11 is 1.88. The number of rotatable bonds is 6. The van der Waals surface area contributed by atoms with Gasteiger partial charge in [-0.25, -0.2) is 0 Å². The molecule has 0 spiro atoms. The summed E-state index contributed by atoms with van der Waals surface area (Å²) in [7, 11) is 0. The van der Waals surface area contributed by atoms with E-state index in [9.17, 15) is 4.79 Å².